The van der Waals surface area contributed by atoms with Gasteiger partial charge in [-0.15, -0.1) is 0 Å². The Bertz CT molecular complexity index is 453. The maximum absolute atomic E-state index is 12.3. The van der Waals surface area contributed by atoms with Gasteiger partial charge in [-0.25, -0.2) is 13.4 Å². The summed E-state index contributed by atoms with van der Waals surface area (Å²) in [5, 5.41) is -0.351. The fourth-order valence-corrected chi connectivity index (χ4v) is 2.75. The van der Waals surface area contributed by atoms with Crippen LogP contribution in [0.4, 0.5) is 13.2 Å². The van der Waals surface area contributed by atoms with Crippen LogP contribution >= 0.6 is 0 Å². The van der Waals surface area contributed by atoms with Crippen LogP contribution in [0.5, 0.6) is 0 Å². The van der Waals surface area contributed by atoms with Gasteiger partial charge >= 0.3 is 6.18 Å². The lowest BCUT2D eigenvalue weighted by Crippen LogP contribution is -2.43. The van der Waals surface area contributed by atoms with Crippen LogP contribution in [0.1, 0.15) is 13.8 Å². The van der Waals surface area contributed by atoms with Gasteiger partial charge in [0.15, 0.2) is 5.03 Å². The van der Waals surface area contributed by atoms with Gasteiger partial charge in [0.2, 0.25) is 0 Å². The average Bonchev–Trinajstić information content (AvgIpc) is 2.65. The molecule has 9 heteroatoms. The molecule has 0 amide bonds. The van der Waals surface area contributed by atoms with Crippen LogP contribution in [0.25, 0.3) is 0 Å². The molecule has 0 aliphatic carbocycles. The van der Waals surface area contributed by atoms with Crippen molar-refractivity contribution in [3.8, 4) is 0 Å². The fraction of sp³-hybridized carbons (Fsp3) is 0.625. The molecule has 0 radical (unpaired) electrons. The predicted octanol–water partition coefficient (Wildman–Crippen LogP) is 1.37. The fourth-order valence-electron chi connectivity index (χ4n) is 1.23. The van der Waals surface area contributed by atoms with Gasteiger partial charge in [0, 0.05) is 6.04 Å². The molecule has 0 saturated carbocycles. The monoisotopic (exact) mass is 271 g/mol. The molecular formula is C8H12F3N3O2S. The molecule has 0 unspecified atom stereocenters. The lowest BCUT2D eigenvalue weighted by atomic mass is 10.4. The van der Waals surface area contributed by atoms with E-state index in [1.165, 1.54) is 13.8 Å². The molecule has 17 heavy (non-hydrogen) atoms. The number of nitrogens with one attached hydrogen (secondary N) is 1. The zero-order valence-electron chi connectivity index (χ0n) is 9.19. The van der Waals surface area contributed by atoms with Crippen molar-refractivity contribution in [1.82, 2.24) is 14.3 Å². The molecular weight excluding hydrogens is 259 g/mol. The number of imidazole rings is 1. The van der Waals surface area contributed by atoms with E-state index in [0.29, 0.717) is 4.31 Å². The minimum atomic E-state index is -4.59. The Labute approximate surface area is 96.7 Å². The molecule has 0 aliphatic rings. The zero-order chi connectivity index (χ0) is 13.3. The first kappa shape index (κ1) is 14.0. The summed E-state index contributed by atoms with van der Waals surface area (Å²) in [6, 6.07) is -0.801. The smallest absolute Gasteiger partial charge is 0.335 e. The Balaban J connectivity index is 3.08. The number of aromatic nitrogens is 2. The maximum Gasteiger partial charge on any atom is 0.402 e. The lowest BCUT2D eigenvalue weighted by Gasteiger charge is -2.25. The van der Waals surface area contributed by atoms with Gasteiger partial charge in [-0.2, -0.15) is 17.5 Å². The van der Waals surface area contributed by atoms with E-state index < -0.39 is 28.8 Å². The van der Waals surface area contributed by atoms with Crippen molar-refractivity contribution in [2.75, 3.05) is 6.54 Å². The summed E-state index contributed by atoms with van der Waals surface area (Å²) in [7, 11) is -4.19. The first-order chi connectivity index (χ1) is 7.64. The minimum Gasteiger partial charge on any atom is -0.335 e. The van der Waals surface area contributed by atoms with Gasteiger partial charge in [0.25, 0.3) is 10.0 Å². The second-order valence-corrected chi connectivity index (χ2v) is 5.53. The first-order valence-corrected chi connectivity index (χ1v) is 6.15. The van der Waals surface area contributed by atoms with E-state index >= 15 is 0 Å². The quantitative estimate of drug-likeness (QED) is 0.899. The molecule has 0 aromatic carbocycles. The second kappa shape index (κ2) is 4.65. The number of aromatic amines is 1. The highest BCUT2D eigenvalue weighted by molar-refractivity contribution is 7.89. The van der Waals surface area contributed by atoms with Crippen LogP contribution in [0.2, 0.25) is 0 Å². The molecule has 1 aromatic rings. The Morgan fingerprint density at radius 1 is 1.47 bits per heavy atom. The lowest BCUT2D eigenvalue weighted by molar-refractivity contribution is -0.138. The molecule has 0 fully saturated rings. The number of alkyl halides is 3. The van der Waals surface area contributed by atoms with Crippen molar-refractivity contribution >= 4 is 10.0 Å². The van der Waals surface area contributed by atoms with Gasteiger partial charge in [0.05, 0.1) is 12.5 Å². The van der Waals surface area contributed by atoms with Gasteiger partial charge in [-0.3, -0.25) is 0 Å². The SMILES string of the molecule is CC(C)N(CC(F)(F)F)S(=O)(=O)c1cnc[nH]1. The third-order valence-corrected chi connectivity index (χ3v) is 3.92. The molecule has 5 nitrogen and oxygen atoms in total. The molecule has 0 saturated heterocycles. The van der Waals surface area contributed by atoms with Crippen LogP contribution in [0, 0.1) is 0 Å². The number of hydrogen-bond donors (Lipinski definition) is 1. The summed E-state index contributed by atoms with van der Waals surface area (Å²) < 4.78 is 61.0. The highest BCUT2D eigenvalue weighted by Crippen LogP contribution is 2.23. The van der Waals surface area contributed by atoms with E-state index in [4.69, 9.17) is 0 Å². The summed E-state index contributed by atoms with van der Waals surface area (Å²) >= 11 is 0. The third kappa shape index (κ3) is 3.43. The largest absolute Gasteiger partial charge is 0.402 e. The summed E-state index contributed by atoms with van der Waals surface area (Å²) in [5.74, 6) is 0. The average molecular weight is 271 g/mol. The highest BCUT2D eigenvalue weighted by Gasteiger charge is 2.38. The molecule has 0 aliphatic heterocycles. The summed E-state index contributed by atoms with van der Waals surface area (Å²) in [6.45, 7) is 1.23. The Morgan fingerprint density at radius 3 is 2.41 bits per heavy atom. The summed E-state index contributed by atoms with van der Waals surface area (Å²) in [5.41, 5.74) is 0. The predicted molar refractivity (Wildman–Crippen MR) is 53.7 cm³/mol. The van der Waals surface area contributed by atoms with Crippen LogP contribution in [-0.2, 0) is 10.0 Å². The molecule has 0 bridgehead atoms. The van der Waals surface area contributed by atoms with Crippen LogP contribution in [-0.4, -0.2) is 41.5 Å². The number of rotatable bonds is 4. The van der Waals surface area contributed by atoms with Gasteiger partial charge in [-0.1, -0.05) is 0 Å². The molecule has 0 atom stereocenters. The minimum absolute atomic E-state index is 0.351. The van der Waals surface area contributed by atoms with Crippen molar-refractivity contribution in [1.29, 1.82) is 0 Å². The normalized spacial score (nSPS) is 13.6. The number of H-pyrrole nitrogens is 1. The molecule has 1 N–H and O–H groups in total. The van der Waals surface area contributed by atoms with Crippen molar-refractivity contribution in [3.05, 3.63) is 12.5 Å². The van der Waals surface area contributed by atoms with Crippen molar-refractivity contribution in [3.63, 3.8) is 0 Å². The second-order valence-electron chi connectivity index (χ2n) is 3.68. The highest BCUT2D eigenvalue weighted by atomic mass is 32.2. The van der Waals surface area contributed by atoms with E-state index in [1.807, 2.05) is 0 Å². The number of nitrogens with zero attached hydrogens (tertiary/aromatic N) is 2. The Kier molecular flexibility index (Phi) is 3.82. The summed E-state index contributed by atoms with van der Waals surface area (Å²) in [6.07, 6.45) is -2.52. The van der Waals surface area contributed by atoms with Crippen LogP contribution in [0.3, 0.4) is 0 Å². The number of sulfonamides is 1. The van der Waals surface area contributed by atoms with Gasteiger partial charge in [-0.05, 0) is 13.8 Å². The maximum atomic E-state index is 12.3. The van der Waals surface area contributed by atoms with Crippen molar-refractivity contribution in [2.24, 2.45) is 0 Å². The topological polar surface area (TPSA) is 66.1 Å². The van der Waals surface area contributed by atoms with E-state index in [0.717, 1.165) is 12.5 Å². The van der Waals surface area contributed by atoms with E-state index in [-0.39, 0.29) is 5.03 Å². The molecule has 0 spiro atoms. The third-order valence-electron chi connectivity index (χ3n) is 1.97. The van der Waals surface area contributed by atoms with E-state index in [2.05, 4.69) is 9.97 Å². The van der Waals surface area contributed by atoms with Crippen molar-refractivity contribution in [2.45, 2.75) is 31.1 Å². The van der Waals surface area contributed by atoms with Crippen LogP contribution < -0.4 is 0 Å². The number of hydrogen-bond acceptors (Lipinski definition) is 3. The van der Waals surface area contributed by atoms with Gasteiger partial charge < -0.3 is 4.98 Å². The molecule has 98 valence electrons. The zero-order valence-corrected chi connectivity index (χ0v) is 10.0. The Hall–Kier alpha value is -1.09. The van der Waals surface area contributed by atoms with E-state index in [1.54, 1.807) is 0 Å². The number of halogens is 3. The standard InChI is InChI=1S/C8H12F3N3O2S/c1-6(2)14(4-8(9,10)11)17(15,16)7-3-12-5-13-7/h3,5-6H,4H2,1-2H3,(H,12,13). The summed E-state index contributed by atoms with van der Waals surface area (Å²) in [4.78, 5) is 5.77. The van der Waals surface area contributed by atoms with Gasteiger partial charge in [0.1, 0.15) is 6.54 Å². The first-order valence-electron chi connectivity index (χ1n) is 4.71. The van der Waals surface area contributed by atoms with Crippen molar-refractivity contribution < 1.29 is 21.6 Å². The molecule has 1 heterocycles. The molecule has 1 aromatic heterocycles. The molecule has 1 rings (SSSR count). The Morgan fingerprint density at radius 2 is 2.06 bits per heavy atom. The van der Waals surface area contributed by atoms with Crippen LogP contribution in [0.15, 0.2) is 17.6 Å². The van der Waals surface area contributed by atoms with E-state index in [9.17, 15) is 21.6 Å².